The number of amides is 1. The number of hydrogen-bond donors (Lipinski definition) is 1. The molecular formula is C27H33N3O3S. The minimum Gasteiger partial charge on any atom is -0.376 e. The van der Waals surface area contributed by atoms with Gasteiger partial charge >= 0.3 is 0 Å². The second-order valence-electron chi connectivity index (χ2n) is 9.50. The minimum atomic E-state index is -0.148. The fourth-order valence-corrected chi connectivity index (χ4v) is 5.17. The molecular weight excluding hydrogens is 446 g/mol. The van der Waals surface area contributed by atoms with Gasteiger partial charge in [-0.05, 0) is 61.9 Å². The van der Waals surface area contributed by atoms with Gasteiger partial charge in [-0.2, -0.15) is 0 Å². The summed E-state index contributed by atoms with van der Waals surface area (Å²) in [6, 6.07) is 11.6. The number of benzene rings is 2. The van der Waals surface area contributed by atoms with Crippen molar-refractivity contribution in [2.45, 2.75) is 64.1 Å². The molecule has 0 spiro atoms. The number of fused-ring (bicyclic) bond motifs is 1. The molecule has 1 saturated heterocycles. The summed E-state index contributed by atoms with van der Waals surface area (Å²) in [7, 11) is 0. The third-order valence-corrected chi connectivity index (χ3v) is 7.15. The number of rotatable bonds is 8. The van der Waals surface area contributed by atoms with Gasteiger partial charge in [0.2, 0.25) is 0 Å². The molecule has 1 aromatic heterocycles. The molecule has 1 unspecified atom stereocenters. The van der Waals surface area contributed by atoms with Crippen molar-refractivity contribution in [3.63, 3.8) is 0 Å². The monoisotopic (exact) mass is 479 g/mol. The molecule has 0 aliphatic carbocycles. The number of aromatic nitrogens is 2. The Morgan fingerprint density at radius 3 is 2.79 bits per heavy atom. The molecule has 6 nitrogen and oxygen atoms in total. The first-order chi connectivity index (χ1) is 16.3. The maximum absolute atomic E-state index is 13.5. The highest BCUT2D eigenvalue weighted by atomic mass is 32.2. The molecule has 3 aromatic rings. The number of aryl methyl sites for hydroxylation is 2. The topological polar surface area (TPSA) is 73.2 Å². The van der Waals surface area contributed by atoms with Crippen molar-refractivity contribution in [1.82, 2.24) is 14.9 Å². The van der Waals surface area contributed by atoms with E-state index in [-0.39, 0.29) is 17.6 Å². The molecule has 0 bridgehead atoms. The molecule has 180 valence electrons. The van der Waals surface area contributed by atoms with E-state index in [1.807, 2.05) is 0 Å². The first kappa shape index (κ1) is 24.5. The normalized spacial score (nSPS) is 15.9. The van der Waals surface area contributed by atoms with Crippen LogP contribution in [0, 0.1) is 19.8 Å². The first-order valence-corrected chi connectivity index (χ1v) is 12.9. The molecule has 4 rings (SSSR count). The van der Waals surface area contributed by atoms with Crippen LogP contribution in [0.1, 0.15) is 53.7 Å². The van der Waals surface area contributed by atoms with E-state index in [4.69, 9.17) is 9.72 Å². The van der Waals surface area contributed by atoms with Crippen LogP contribution in [0.3, 0.4) is 0 Å². The van der Waals surface area contributed by atoms with E-state index in [2.05, 4.69) is 51.2 Å². The first-order valence-electron chi connectivity index (χ1n) is 11.9. The number of nitrogens with zero attached hydrogens (tertiary/aromatic N) is 2. The SMILES string of the molecule is Cc1ccc(C)c(CSc2nc3cc(C(=O)NCC(C)C)ccc3c(=O)n2CC2CCCO2)c1. The third kappa shape index (κ3) is 5.70. The molecule has 1 aliphatic rings. The van der Waals surface area contributed by atoms with Crippen molar-refractivity contribution in [1.29, 1.82) is 0 Å². The lowest BCUT2D eigenvalue weighted by atomic mass is 10.1. The highest BCUT2D eigenvalue weighted by molar-refractivity contribution is 7.98. The van der Waals surface area contributed by atoms with Gasteiger partial charge in [-0.15, -0.1) is 0 Å². The van der Waals surface area contributed by atoms with Gasteiger partial charge in [0.15, 0.2) is 5.16 Å². The molecule has 0 saturated carbocycles. The number of thioether (sulfide) groups is 1. The summed E-state index contributed by atoms with van der Waals surface area (Å²) < 4.78 is 7.58. The molecule has 1 atom stereocenters. The number of carbonyl (C=O) groups excluding carboxylic acids is 1. The molecule has 7 heteroatoms. The summed E-state index contributed by atoms with van der Waals surface area (Å²) in [6.45, 7) is 10.1. The fraction of sp³-hybridized carbons (Fsp3) is 0.444. The van der Waals surface area contributed by atoms with E-state index >= 15 is 0 Å². The Bertz CT molecular complexity index is 1250. The molecule has 1 N–H and O–H groups in total. The van der Waals surface area contributed by atoms with Gasteiger partial charge in [0.25, 0.3) is 11.5 Å². The molecule has 2 heterocycles. The van der Waals surface area contributed by atoms with Gasteiger partial charge in [-0.1, -0.05) is 49.4 Å². The number of carbonyl (C=O) groups is 1. The van der Waals surface area contributed by atoms with Gasteiger partial charge < -0.3 is 10.1 Å². The summed E-state index contributed by atoms with van der Waals surface area (Å²) in [5.74, 6) is 0.928. The molecule has 1 amide bonds. The third-order valence-electron chi connectivity index (χ3n) is 6.12. The second-order valence-corrected chi connectivity index (χ2v) is 10.4. The Balaban J connectivity index is 1.70. The van der Waals surface area contributed by atoms with Crippen molar-refractivity contribution in [3.05, 3.63) is 69.0 Å². The number of nitrogens with one attached hydrogen (secondary N) is 1. The van der Waals surface area contributed by atoms with Gasteiger partial charge in [-0.25, -0.2) is 4.98 Å². The molecule has 2 aromatic carbocycles. The van der Waals surface area contributed by atoms with Crippen LogP contribution < -0.4 is 10.9 Å². The zero-order valence-corrected chi connectivity index (χ0v) is 21.2. The molecule has 0 radical (unpaired) electrons. The van der Waals surface area contributed by atoms with Crippen LogP contribution >= 0.6 is 11.8 Å². The van der Waals surface area contributed by atoms with Gasteiger partial charge in [0, 0.05) is 24.5 Å². The second kappa shape index (κ2) is 10.7. The Kier molecular flexibility index (Phi) is 7.73. The van der Waals surface area contributed by atoms with Crippen LogP contribution in [-0.2, 0) is 17.0 Å². The van der Waals surface area contributed by atoms with Crippen molar-refractivity contribution >= 4 is 28.6 Å². The fourth-order valence-electron chi connectivity index (χ4n) is 4.10. The molecule has 34 heavy (non-hydrogen) atoms. The lowest BCUT2D eigenvalue weighted by Gasteiger charge is -2.17. The van der Waals surface area contributed by atoms with Crippen molar-refractivity contribution < 1.29 is 9.53 Å². The van der Waals surface area contributed by atoms with Crippen LogP contribution in [0.15, 0.2) is 46.3 Å². The number of ether oxygens (including phenoxy) is 1. The predicted octanol–water partition coefficient (Wildman–Crippen LogP) is 4.87. The Morgan fingerprint density at radius 2 is 2.06 bits per heavy atom. The summed E-state index contributed by atoms with van der Waals surface area (Å²) >= 11 is 1.56. The average Bonchev–Trinajstić information content (AvgIpc) is 3.33. The summed E-state index contributed by atoms with van der Waals surface area (Å²) in [5.41, 5.74) is 4.64. The van der Waals surface area contributed by atoms with Crippen molar-refractivity contribution in [3.8, 4) is 0 Å². The standard InChI is InChI=1S/C27H33N3O3S/c1-17(2)14-28-25(31)20-9-10-23-24(13-20)29-27(30(26(23)32)15-22-6-5-11-33-22)34-16-21-12-18(3)7-8-19(21)4/h7-10,12-13,17,22H,5-6,11,14-16H2,1-4H3,(H,28,31). The van der Waals surface area contributed by atoms with Crippen LogP contribution in [0.25, 0.3) is 10.9 Å². The van der Waals surface area contributed by atoms with Crippen LogP contribution in [0.4, 0.5) is 0 Å². The van der Waals surface area contributed by atoms with Crippen LogP contribution in [0.5, 0.6) is 0 Å². The maximum atomic E-state index is 13.5. The van der Waals surface area contributed by atoms with Crippen LogP contribution in [0.2, 0.25) is 0 Å². The van der Waals surface area contributed by atoms with E-state index in [0.29, 0.717) is 46.4 Å². The Morgan fingerprint density at radius 1 is 1.24 bits per heavy atom. The zero-order valence-electron chi connectivity index (χ0n) is 20.4. The Hall–Kier alpha value is -2.64. The summed E-state index contributed by atoms with van der Waals surface area (Å²) in [6.07, 6.45) is 1.99. The summed E-state index contributed by atoms with van der Waals surface area (Å²) in [5, 5.41) is 4.12. The average molecular weight is 480 g/mol. The highest BCUT2D eigenvalue weighted by Gasteiger charge is 2.21. The van der Waals surface area contributed by atoms with E-state index in [1.165, 1.54) is 16.7 Å². The summed E-state index contributed by atoms with van der Waals surface area (Å²) in [4.78, 5) is 31.0. The minimum absolute atomic E-state index is 0.0260. The molecule has 1 fully saturated rings. The quantitative estimate of drug-likeness (QED) is 0.369. The van der Waals surface area contributed by atoms with E-state index in [9.17, 15) is 9.59 Å². The van der Waals surface area contributed by atoms with Crippen molar-refractivity contribution in [2.75, 3.05) is 13.2 Å². The predicted molar refractivity (Wildman–Crippen MR) is 138 cm³/mol. The van der Waals surface area contributed by atoms with E-state index in [1.54, 1.807) is 34.5 Å². The molecule has 1 aliphatic heterocycles. The van der Waals surface area contributed by atoms with Crippen molar-refractivity contribution in [2.24, 2.45) is 5.92 Å². The van der Waals surface area contributed by atoms with Gasteiger partial charge in [0.05, 0.1) is 23.6 Å². The largest absolute Gasteiger partial charge is 0.376 e. The van der Waals surface area contributed by atoms with E-state index in [0.717, 1.165) is 19.4 Å². The maximum Gasteiger partial charge on any atom is 0.262 e. The lowest BCUT2D eigenvalue weighted by molar-refractivity contribution is 0.0937. The Labute approximate surface area is 205 Å². The number of hydrogen-bond acceptors (Lipinski definition) is 5. The zero-order chi connectivity index (χ0) is 24.2. The lowest BCUT2D eigenvalue weighted by Crippen LogP contribution is -2.29. The van der Waals surface area contributed by atoms with Crippen LogP contribution in [-0.4, -0.2) is 34.7 Å². The van der Waals surface area contributed by atoms with Gasteiger partial charge in [0.1, 0.15) is 0 Å². The van der Waals surface area contributed by atoms with Gasteiger partial charge in [-0.3, -0.25) is 14.2 Å². The highest BCUT2D eigenvalue weighted by Crippen LogP contribution is 2.26. The van der Waals surface area contributed by atoms with E-state index < -0.39 is 0 Å². The smallest absolute Gasteiger partial charge is 0.262 e.